The molecule has 0 aromatic rings. The van der Waals surface area contributed by atoms with Gasteiger partial charge >= 0.3 is 0 Å². The Kier molecular flexibility index (Phi) is 4.89. The van der Waals surface area contributed by atoms with Gasteiger partial charge in [0.05, 0.1) is 6.07 Å². The molecule has 0 fully saturated rings. The van der Waals surface area contributed by atoms with Crippen molar-refractivity contribution in [2.24, 2.45) is 0 Å². The summed E-state index contributed by atoms with van der Waals surface area (Å²) in [6.07, 6.45) is 3.64. The minimum atomic E-state index is -0.353. The van der Waals surface area contributed by atoms with E-state index in [-0.39, 0.29) is 5.54 Å². The predicted octanol–water partition coefficient (Wildman–Crippen LogP) is 2.07. The Labute approximate surface area is 69.6 Å². The van der Waals surface area contributed by atoms with E-state index in [1.165, 1.54) is 19.3 Å². The van der Waals surface area contributed by atoms with Crippen LogP contribution in [-0.2, 0) is 0 Å². The Hall–Kier alpha value is -0.550. The van der Waals surface area contributed by atoms with E-state index in [1.54, 1.807) is 0 Å². The monoisotopic (exact) mass is 154 g/mol. The molecule has 0 spiro atoms. The molecule has 2 nitrogen and oxygen atoms in total. The Bertz CT molecular complexity index is 133. The highest BCUT2D eigenvalue weighted by molar-refractivity contribution is 4.99. The van der Waals surface area contributed by atoms with E-state index < -0.39 is 0 Å². The van der Waals surface area contributed by atoms with Gasteiger partial charge in [-0.2, -0.15) is 5.26 Å². The normalized spacial score (nSPS) is 11.1. The Morgan fingerprint density at radius 1 is 1.36 bits per heavy atom. The third-order valence-corrected chi connectivity index (χ3v) is 1.63. The largest absolute Gasteiger partial charge is 0.300 e. The SMILES string of the molecule is CCCCCNC(C)(C)C#N. The zero-order chi connectivity index (χ0) is 8.74. The molecule has 0 aromatic carbocycles. The first-order chi connectivity index (χ1) is 5.12. The molecule has 0 rings (SSSR count). The van der Waals surface area contributed by atoms with Crippen LogP contribution in [-0.4, -0.2) is 12.1 Å². The molecule has 0 unspecified atom stereocenters. The highest BCUT2D eigenvalue weighted by Crippen LogP contribution is 1.99. The first kappa shape index (κ1) is 10.4. The highest BCUT2D eigenvalue weighted by atomic mass is 14.9. The fourth-order valence-electron chi connectivity index (χ4n) is 0.815. The van der Waals surface area contributed by atoms with E-state index in [2.05, 4.69) is 18.3 Å². The number of nitrogens with zero attached hydrogens (tertiary/aromatic N) is 1. The van der Waals surface area contributed by atoms with E-state index in [0.717, 1.165) is 6.54 Å². The molecule has 0 radical (unpaired) electrons. The van der Waals surface area contributed by atoms with E-state index in [0.29, 0.717) is 0 Å². The van der Waals surface area contributed by atoms with Gasteiger partial charge in [-0.05, 0) is 26.8 Å². The summed E-state index contributed by atoms with van der Waals surface area (Å²) in [7, 11) is 0. The lowest BCUT2D eigenvalue weighted by Gasteiger charge is -2.16. The van der Waals surface area contributed by atoms with Crippen LogP contribution in [0.25, 0.3) is 0 Å². The number of nitriles is 1. The van der Waals surface area contributed by atoms with Gasteiger partial charge < -0.3 is 0 Å². The van der Waals surface area contributed by atoms with Crippen LogP contribution in [0.4, 0.5) is 0 Å². The van der Waals surface area contributed by atoms with Crippen LogP contribution in [0, 0.1) is 11.3 Å². The van der Waals surface area contributed by atoms with Crippen molar-refractivity contribution >= 4 is 0 Å². The Balaban J connectivity index is 3.32. The molecule has 0 aliphatic heterocycles. The summed E-state index contributed by atoms with van der Waals surface area (Å²) < 4.78 is 0. The van der Waals surface area contributed by atoms with E-state index in [4.69, 9.17) is 5.26 Å². The minimum absolute atomic E-state index is 0.353. The second kappa shape index (κ2) is 5.15. The second-order valence-electron chi connectivity index (χ2n) is 3.37. The standard InChI is InChI=1S/C9H18N2/c1-4-5-6-7-11-9(2,3)8-10/h11H,4-7H2,1-3H3. The van der Waals surface area contributed by atoms with E-state index >= 15 is 0 Å². The van der Waals surface area contributed by atoms with Crippen LogP contribution in [0.2, 0.25) is 0 Å². The van der Waals surface area contributed by atoms with Crippen molar-refractivity contribution in [3.63, 3.8) is 0 Å². The van der Waals surface area contributed by atoms with Gasteiger partial charge in [-0.1, -0.05) is 19.8 Å². The van der Waals surface area contributed by atoms with Crippen molar-refractivity contribution in [3.8, 4) is 6.07 Å². The Morgan fingerprint density at radius 2 is 2.00 bits per heavy atom. The summed E-state index contributed by atoms with van der Waals surface area (Å²) in [6.45, 7) is 6.93. The average Bonchev–Trinajstić information content (AvgIpc) is 1.99. The quantitative estimate of drug-likeness (QED) is 0.615. The topological polar surface area (TPSA) is 35.8 Å². The van der Waals surface area contributed by atoms with E-state index in [9.17, 15) is 0 Å². The number of rotatable bonds is 5. The molecule has 1 N–H and O–H groups in total. The Morgan fingerprint density at radius 3 is 2.45 bits per heavy atom. The van der Waals surface area contributed by atoms with Gasteiger partial charge in [0.1, 0.15) is 5.54 Å². The molecule has 2 heteroatoms. The van der Waals surface area contributed by atoms with Gasteiger partial charge in [0.2, 0.25) is 0 Å². The number of hydrogen-bond acceptors (Lipinski definition) is 2. The second-order valence-corrected chi connectivity index (χ2v) is 3.37. The molecule has 0 saturated heterocycles. The highest BCUT2D eigenvalue weighted by Gasteiger charge is 2.13. The number of unbranched alkanes of at least 4 members (excludes halogenated alkanes) is 2. The van der Waals surface area contributed by atoms with Gasteiger partial charge in [-0.3, -0.25) is 5.32 Å². The number of hydrogen-bond donors (Lipinski definition) is 1. The third kappa shape index (κ3) is 5.87. The van der Waals surface area contributed by atoms with Gasteiger partial charge in [-0.25, -0.2) is 0 Å². The number of nitrogens with one attached hydrogen (secondary N) is 1. The molecule has 0 saturated carbocycles. The minimum Gasteiger partial charge on any atom is -0.300 e. The molecule has 11 heavy (non-hydrogen) atoms. The van der Waals surface area contributed by atoms with Gasteiger partial charge in [0.25, 0.3) is 0 Å². The maximum absolute atomic E-state index is 8.64. The van der Waals surface area contributed by atoms with Crippen molar-refractivity contribution < 1.29 is 0 Å². The zero-order valence-corrected chi connectivity index (χ0v) is 7.78. The van der Waals surface area contributed by atoms with Gasteiger partial charge in [0, 0.05) is 0 Å². The summed E-state index contributed by atoms with van der Waals surface area (Å²) in [6, 6.07) is 2.21. The van der Waals surface area contributed by atoms with Crippen LogP contribution in [0.5, 0.6) is 0 Å². The third-order valence-electron chi connectivity index (χ3n) is 1.63. The van der Waals surface area contributed by atoms with Crippen LogP contribution < -0.4 is 5.32 Å². The lowest BCUT2D eigenvalue weighted by molar-refractivity contribution is 0.472. The summed E-state index contributed by atoms with van der Waals surface area (Å²) >= 11 is 0. The van der Waals surface area contributed by atoms with Crippen LogP contribution in [0.3, 0.4) is 0 Å². The van der Waals surface area contributed by atoms with Gasteiger partial charge in [-0.15, -0.1) is 0 Å². The van der Waals surface area contributed by atoms with Gasteiger partial charge in [0.15, 0.2) is 0 Å². The fraction of sp³-hybridized carbons (Fsp3) is 0.889. The molecule has 0 heterocycles. The predicted molar refractivity (Wildman–Crippen MR) is 47.2 cm³/mol. The molecule has 0 amide bonds. The zero-order valence-electron chi connectivity index (χ0n) is 7.78. The molecule has 0 atom stereocenters. The molecular formula is C9H18N2. The smallest absolute Gasteiger partial charge is 0.101 e. The summed E-state index contributed by atoms with van der Waals surface area (Å²) in [5.74, 6) is 0. The average molecular weight is 154 g/mol. The molecule has 0 bridgehead atoms. The molecule has 0 aliphatic carbocycles. The summed E-state index contributed by atoms with van der Waals surface area (Å²) in [5.41, 5.74) is -0.353. The van der Waals surface area contributed by atoms with Crippen LogP contribution >= 0.6 is 0 Å². The maximum atomic E-state index is 8.64. The van der Waals surface area contributed by atoms with E-state index in [1.807, 2.05) is 13.8 Å². The fourth-order valence-corrected chi connectivity index (χ4v) is 0.815. The van der Waals surface area contributed by atoms with Crippen LogP contribution in [0.1, 0.15) is 40.0 Å². The lowest BCUT2D eigenvalue weighted by Crippen LogP contribution is -2.38. The molecule has 64 valence electrons. The first-order valence-corrected chi connectivity index (χ1v) is 4.28. The summed E-state index contributed by atoms with van der Waals surface area (Å²) in [5, 5.41) is 11.8. The molecular weight excluding hydrogens is 136 g/mol. The molecule has 0 aliphatic rings. The summed E-state index contributed by atoms with van der Waals surface area (Å²) in [4.78, 5) is 0. The maximum Gasteiger partial charge on any atom is 0.101 e. The first-order valence-electron chi connectivity index (χ1n) is 4.28. The van der Waals surface area contributed by atoms with Crippen molar-refractivity contribution in [1.29, 1.82) is 5.26 Å². The van der Waals surface area contributed by atoms with Crippen molar-refractivity contribution in [1.82, 2.24) is 5.32 Å². The van der Waals surface area contributed by atoms with Crippen molar-refractivity contribution in [2.45, 2.75) is 45.6 Å². The van der Waals surface area contributed by atoms with Crippen molar-refractivity contribution in [3.05, 3.63) is 0 Å². The van der Waals surface area contributed by atoms with Crippen molar-refractivity contribution in [2.75, 3.05) is 6.54 Å². The lowest BCUT2D eigenvalue weighted by atomic mass is 10.1. The van der Waals surface area contributed by atoms with Crippen LogP contribution in [0.15, 0.2) is 0 Å². The molecule has 0 aromatic heterocycles.